The number of hydrogen-bond acceptors (Lipinski definition) is 3. The number of hydrogen-bond donors (Lipinski definition) is 1. The fourth-order valence-electron chi connectivity index (χ4n) is 1.70. The van der Waals surface area contributed by atoms with Crippen LogP contribution in [0.3, 0.4) is 0 Å². The first-order valence-corrected chi connectivity index (χ1v) is 6.18. The van der Waals surface area contributed by atoms with Crippen molar-refractivity contribution in [3.63, 3.8) is 0 Å². The van der Waals surface area contributed by atoms with Gasteiger partial charge in [0, 0.05) is 12.6 Å². The standard InChI is InChI=1S/C14H22N2O2/c1-6-15-14(17)18-12-8-7-10(2)13(9-12)11(3)16(4)5/h7-9,11H,6H2,1-5H3,(H,15,17)/t11-/m0/s1. The van der Waals surface area contributed by atoms with Crippen molar-refractivity contribution in [2.45, 2.75) is 26.8 Å². The van der Waals surface area contributed by atoms with Gasteiger partial charge in [-0.05, 0) is 58.1 Å². The van der Waals surface area contributed by atoms with Gasteiger partial charge in [0.2, 0.25) is 0 Å². The lowest BCUT2D eigenvalue weighted by molar-refractivity contribution is 0.201. The van der Waals surface area contributed by atoms with Crippen molar-refractivity contribution in [2.24, 2.45) is 0 Å². The van der Waals surface area contributed by atoms with E-state index in [1.165, 1.54) is 11.1 Å². The van der Waals surface area contributed by atoms with E-state index < -0.39 is 6.09 Å². The lowest BCUT2D eigenvalue weighted by atomic mass is 10.0. The molecular formula is C14H22N2O2. The van der Waals surface area contributed by atoms with Gasteiger partial charge in [0.1, 0.15) is 5.75 Å². The molecule has 1 atom stereocenters. The Hall–Kier alpha value is -1.55. The fraction of sp³-hybridized carbons (Fsp3) is 0.500. The highest BCUT2D eigenvalue weighted by molar-refractivity contribution is 5.70. The molecule has 18 heavy (non-hydrogen) atoms. The van der Waals surface area contributed by atoms with Crippen LogP contribution in [0.2, 0.25) is 0 Å². The number of rotatable bonds is 4. The average Bonchev–Trinajstić information content (AvgIpc) is 2.31. The third-order valence-electron chi connectivity index (χ3n) is 3.01. The van der Waals surface area contributed by atoms with Gasteiger partial charge in [0.05, 0.1) is 0 Å². The van der Waals surface area contributed by atoms with Gasteiger partial charge in [-0.2, -0.15) is 0 Å². The van der Waals surface area contributed by atoms with E-state index in [1.807, 2.05) is 39.2 Å². The van der Waals surface area contributed by atoms with Crippen LogP contribution >= 0.6 is 0 Å². The summed E-state index contributed by atoms with van der Waals surface area (Å²) in [4.78, 5) is 13.5. The van der Waals surface area contributed by atoms with Gasteiger partial charge in [0.15, 0.2) is 0 Å². The maximum atomic E-state index is 11.4. The van der Waals surface area contributed by atoms with Crippen molar-refractivity contribution in [3.8, 4) is 5.75 Å². The normalized spacial score (nSPS) is 12.3. The monoisotopic (exact) mass is 250 g/mol. The Morgan fingerprint density at radius 3 is 2.67 bits per heavy atom. The Balaban J connectivity index is 2.90. The lowest BCUT2D eigenvalue weighted by Gasteiger charge is -2.22. The molecule has 0 aliphatic carbocycles. The first kappa shape index (κ1) is 14.5. The van der Waals surface area contributed by atoms with E-state index in [0.717, 1.165) is 0 Å². The van der Waals surface area contributed by atoms with Crippen LogP contribution in [0.5, 0.6) is 5.75 Å². The molecule has 0 aliphatic rings. The van der Waals surface area contributed by atoms with Crippen molar-refractivity contribution < 1.29 is 9.53 Å². The van der Waals surface area contributed by atoms with Gasteiger partial charge in [-0.1, -0.05) is 6.07 Å². The van der Waals surface area contributed by atoms with Gasteiger partial charge in [-0.3, -0.25) is 0 Å². The van der Waals surface area contributed by atoms with Crippen molar-refractivity contribution in [2.75, 3.05) is 20.6 Å². The number of aryl methyl sites for hydroxylation is 1. The number of amides is 1. The lowest BCUT2D eigenvalue weighted by Crippen LogP contribution is -2.26. The summed E-state index contributed by atoms with van der Waals surface area (Å²) in [6, 6.07) is 6.00. The van der Waals surface area contributed by atoms with Crippen LogP contribution < -0.4 is 10.1 Å². The number of benzene rings is 1. The predicted octanol–water partition coefficient (Wildman–Crippen LogP) is 2.73. The fourth-order valence-corrected chi connectivity index (χ4v) is 1.70. The summed E-state index contributed by atoms with van der Waals surface area (Å²) in [5.41, 5.74) is 2.36. The zero-order valence-corrected chi connectivity index (χ0v) is 11.8. The van der Waals surface area contributed by atoms with Crippen LogP contribution in [-0.2, 0) is 0 Å². The van der Waals surface area contributed by atoms with Gasteiger partial charge in [-0.25, -0.2) is 4.79 Å². The molecule has 0 saturated carbocycles. The van der Waals surface area contributed by atoms with E-state index in [9.17, 15) is 4.79 Å². The molecule has 0 bridgehead atoms. The maximum absolute atomic E-state index is 11.4. The van der Waals surface area contributed by atoms with Crippen molar-refractivity contribution in [1.82, 2.24) is 10.2 Å². The highest BCUT2D eigenvalue weighted by Crippen LogP contribution is 2.25. The summed E-state index contributed by atoms with van der Waals surface area (Å²) in [6.45, 7) is 6.60. The molecule has 0 spiro atoms. The van der Waals surface area contributed by atoms with Crippen molar-refractivity contribution in [3.05, 3.63) is 29.3 Å². The first-order valence-electron chi connectivity index (χ1n) is 6.18. The Morgan fingerprint density at radius 2 is 2.11 bits per heavy atom. The van der Waals surface area contributed by atoms with Crippen molar-refractivity contribution >= 4 is 6.09 Å². The van der Waals surface area contributed by atoms with Gasteiger partial charge >= 0.3 is 6.09 Å². The van der Waals surface area contributed by atoms with E-state index in [4.69, 9.17) is 4.74 Å². The average molecular weight is 250 g/mol. The van der Waals surface area contributed by atoms with Gasteiger partial charge in [0.25, 0.3) is 0 Å². The number of carbonyl (C=O) groups excluding carboxylic acids is 1. The second-order valence-corrected chi connectivity index (χ2v) is 4.58. The second-order valence-electron chi connectivity index (χ2n) is 4.58. The van der Waals surface area contributed by atoms with Crippen LogP contribution in [0.25, 0.3) is 0 Å². The summed E-state index contributed by atoms with van der Waals surface area (Å²) >= 11 is 0. The molecular weight excluding hydrogens is 228 g/mol. The molecule has 4 heteroatoms. The van der Waals surface area contributed by atoms with E-state index in [-0.39, 0.29) is 6.04 Å². The third kappa shape index (κ3) is 3.74. The minimum atomic E-state index is -0.412. The molecule has 0 aliphatic heterocycles. The third-order valence-corrected chi connectivity index (χ3v) is 3.01. The quantitative estimate of drug-likeness (QED) is 0.893. The maximum Gasteiger partial charge on any atom is 0.412 e. The highest BCUT2D eigenvalue weighted by atomic mass is 16.5. The molecule has 0 aromatic heterocycles. The predicted molar refractivity (Wildman–Crippen MR) is 73.0 cm³/mol. The van der Waals surface area contributed by atoms with Crippen LogP contribution in [0.1, 0.15) is 31.0 Å². The SMILES string of the molecule is CCNC(=O)Oc1ccc(C)c([C@H](C)N(C)C)c1. The van der Waals surface area contributed by atoms with Gasteiger partial charge in [-0.15, -0.1) is 0 Å². The number of nitrogens with zero attached hydrogens (tertiary/aromatic N) is 1. The smallest absolute Gasteiger partial charge is 0.410 e. The molecule has 4 nitrogen and oxygen atoms in total. The molecule has 0 saturated heterocycles. The molecule has 0 unspecified atom stereocenters. The first-order chi connectivity index (χ1) is 8.45. The van der Waals surface area contributed by atoms with Crippen LogP contribution in [0.4, 0.5) is 4.79 Å². The molecule has 1 N–H and O–H groups in total. The second kappa shape index (κ2) is 6.40. The van der Waals surface area contributed by atoms with E-state index >= 15 is 0 Å². The van der Waals surface area contributed by atoms with Crippen LogP contribution in [-0.4, -0.2) is 31.6 Å². The highest BCUT2D eigenvalue weighted by Gasteiger charge is 2.12. The zero-order chi connectivity index (χ0) is 13.7. The molecule has 1 amide bonds. The van der Waals surface area contributed by atoms with Gasteiger partial charge < -0.3 is 15.0 Å². The largest absolute Gasteiger partial charge is 0.412 e. The van der Waals surface area contributed by atoms with Crippen LogP contribution in [0, 0.1) is 6.92 Å². The van der Waals surface area contributed by atoms with E-state index in [2.05, 4.69) is 24.1 Å². The summed E-state index contributed by atoms with van der Waals surface area (Å²) in [5.74, 6) is 0.579. The molecule has 100 valence electrons. The minimum absolute atomic E-state index is 0.280. The summed E-state index contributed by atoms with van der Waals surface area (Å²) in [6.07, 6.45) is -0.412. The Labute approximate surface area is 109 Å². The molecule has 0 heterocycles. The molecule has 1 aromatic carbocycles. The van der Waals surface area contributed by atoms with E-state index in [1.54, 1.807) is 0 Å². The topological polar surface area (TPSA) is 41.6 Å². The van der Waals surface area contributed by atoms with Crippen LogP contribution in [0.15, 0.2) is 18.2 Å². The Kier molecular flexibility index (Phi) is 5.16. The summed E-state index contributed by atoms with van der Waals surface area (Å²) in [7, 11) is 4.06. The number of ether oxygens (including phenoxy) is 1. The molecule has 0 radical (unpaired) electrons. The van der Waals surface area contributed by atoms with E-state index in [0.29, 0.717) is 12.3 Å². The Morgan fingerprint density at radius 1 is 1.44 bits per heavy atom. The minimum Gasteiger partial charge on any atom is -0.410 e. The Bertz CT molecular complexity index is 416. The molecule has 0 fully saturated rings. The molecule has 1 aromatic rings. The number of carbonyl (C=O) groups is 1. The zero-order valence-electron chi connectivity index (χ0n) is 11.8. The summed E-state index contributed by atoms with van der Waals surface area (Å²) < 4.78 is 5.21. The van der Waals surface area contributed by atoms with Crippen molar-refractivity contribution in [1.29, 1.82) is 0 Å². The summed E-state index contributed by atoms with van der Waals surface area (Å²) in [5, 5.41) is 2.61. The molecule has 1 rings (SSSR count). The number of nitrogens with one attached hydrogen (secondary N) is 1.